The van der Waals surface area contributed by atoms with E-state index in [0.29, 0.717) is 18.4 Å². The maximum Gasteiger partial charge on any atom is 0.323 e. The van der Waals surface area contributed by atoms with Crippen molar-refractivity contribution in [3.63, 3.8) is 0 Å². The lowest BCUT2D eigenvalue weighted by molar-refractivity contribution is -0.207. The molecule has 1 heterocycles. The number of hydrogen-bond donors (Lipinski definition) is 1. The Morgan fingerprint density at radius 1 is 1.21 bits per heavy atom. The molecule has 0 aromatic rings. The molecule has 1 saturated heterocycles. The van der Waals surface area contributed by atoms with Crippen molar-refractivity contribution in [2.24, 2.45) is 17.3 Å². The number of esters is 1. The zero-order valence-corrected chi connectivity index (χ0v) is 14.4. The van der Waals surface area contributed by atoms with E-state index in [2.05, 4.69) is 0 Å². The van der Waals surface area contributed by atoms with Gasteiger partial charge < -0.3 is 14.2 Å². The molecule has 5 fully saturated rings. The SMILES string of the molecule is O=C(CS(=O)(=O)O)OCC12CC3CC(C1)CC(OCC1CO1)(C3)C2. The van der Waals surface area contributed by atoms with Gasteiger partial charge in [-0.1, -0.05) is 0 Å². The summed E-state index contributed by atoms with van der Waals surface area (Å²) in [6.07, 6.45) is 6.46. The molecule has 4 saturated carbocycles. The number of rotatable bonds is 7. The van der Waals surface area contributed by atoms with Gasteiger partial charge in [0.25, 0.3) is 10.1 Å². The molecule has 0 radical (unpaired) electrons. The number of hydrogen-bond acceptors (Lipinski definition) is 6. The molecule has 0 aromatic carbocycles. The van der Waals surface area contributed by atoms with Crippen molar-refractivity contribution < 1.29 is 32.0 Å². The first-order valence-electron chi connectivity index (χ1n) is 8.61. The number of epoxide rings is 1. The summed E-state index contributed by atoms with van der Waals surface area (Å²) in [6.45, 7) is 1.64. The van der Waals surface area contributed by atoms with Crippen molar-refractivity contribution in [3.8, 4) is 0 Å². The maximum atomic E-state index is 11.6. The quantitative estimate of drug-likeness (QED) is 0.413. The molecule has 24 heavy (non-hydrogen) atoms. The van der Waals surface area contributed by atoms with Crippen molar-refractivity contribution >= 4 is 16.1 Å². The van der Waals surface area contributed by atoms with Crippen LogP contribution in [-0.4, -0.2) is 56.2 Å². The van der Waals surface area contributed by atoms with Crippen molar-refractivity contribution in [2.75, 3.05) is 25.6 Å². The zero-order valence-electron chi connectivity index (χ0n) is 13.6. The molecule has 8 heteroatoms. The lowest BCUT2D eigenvalue weighted by Gasteiger charge is -2.61. The second-order valence-corrected chi connectivity index (χ2v) is 9.75. The summed E-state index contributed by atoms with van der Waals surface area (Å²) < 4.78 is 47.1. The predicted molar refractivity (Wildman–Crippen MR) is 82.9 cm³/mol. The molecular formula is C16H24O7S. The Morgan fingerprint density at radius 3 is 2.46 bits per heavy atom. The number of carbonyl (C=O) groups is 1. The zero-order chi connectivity index (χ0) is 17.0. The third kappa shape index (κ3) is 3.61. The average Bonchev–Trinajstić information content (AvgIpc) is 3.24. The molecular weight excluding hydrogens is 336 g/mol. The van der Waals surface area contributed by atoms with Crippen LogP contribution in [0.4, 0.5) is 0 Å². The molecule has 5 rings (SSSR count). The minimum Gasteiger partial charge on any atom is -0.464 e. The van der Waals surface area contributed by atoms with Crippen LogP contribution in [0.1, 0.15) is 38.5 Å². The molecule has 0 aromatic heterocycles. The Hall–Kier alpha value is -0.700. The Balaban J connectivity index is 1.41. The highest BCUT2D eigenvalue weighted by Crippen LogP contribution is 2.62. The minimum atomic E-state index is -4.34. The largest absolute Gasteiger partial charge is 0.464 e. The second-order valence-electron chi connectivity index (χ2n) is 8.30. The number of ether oxygens (including phenoxy) is 3. The molecule has 1 N–H and O–H groups in total. The summed E-state index contributed by atoms with van der Waals surface area (Å²) in [5.74, 6) is -0.677. The van der Waals surface area contributed by atoms with Crippen molar-refractivity contribution in [3.05, 3.63) is 0 Å². The van der Waals surface area contributed by atoms with Crippen molar-refractivity contribution in [1.82, 2.24) is 0 Å². The third-order valence-electron chi connectivity index (χ3n) is 5.95. The third-order valence-corrected chi connectivity index (χ3v) is 6.55. The number of carbonyl (C=O) groups excluding carboxylic acids is 1. The molecule has 0 spiro atoms. The molecule has 4 aliphatic carbocycles. The Bertz CT molecular complexity index is 610. The molecule has 7 nitrogen and oxygen atoms in total. The van der Waals surface area contributed by atoms with Gasteiger partial charge in [0.15, 0.2) is 5.75 Å². The van der Waals surface area contributed by atoms with E-state index in [1.807, 2.05) is 0 Å². The lowest BCUT2D eigenvalue weighted by Crippen LogP contribution is -2.58. The Kier molecular flexibility index (Phi) is 3.95. The van der Waals surface area contributed by atoms with Gasteiger partial charge in [0.05, 0.1) is 25.4 Å². The van der Waals surface area contributed by atoms with Gasteiger partial charge in [-0.15, -0.1) is 0 Å². The van der Waals surface area contributed by atoms with E-state index in [0.717, 1.165) is 38.7 Å². The summed E-state index contributed by atoms with van der Waals surface area (Å²) in [6, 6.07) is 0. The first-order valence-corrected chi connectivity index (χ1v) is 10.2. The summed E-state index contributed by atoms with van der Waals surface area (Å²) in [5, 5.41) is 0. The fourth-order valence-electron chi connectivity index (χ4n) is 5.56. The normalized spacial score (nSPS) is 43.0. The van der Waals surface area contributed by atoms with Gasteiger partial charge >= 0.3 is 5.97 Å². The van der Waals surface area contributed by atoms with Gasteiger partial charge in [-0.2, -0.15) is 8.42 Å². The topological polar surface area (TPSA) is 102 Å². The van der Waals surface area contributed by atoms with E-state index in [1.54, 1.807) is 0 Å². The van der Waals surface area contributed by atoms with Crippen LogP contribution < -0.4 is 0 Å². The summed E-state index contributed by atoms with van der Waals surface area (Å²) in [5.41, 5.74) is -0.241. The Morgan fingerprint density at radius 2 is 1.88 bits per heavy atom. The van der Waals surface area contributed by atoms with Crippen LogP contribution in [0.5, 0.6) is 0 Å². The van der Waals surface area contributed by atoms with E-state index >= 15 is 0 Å². The van der Waals surface area contributed by atoms with Crippen molar-refractivity contribution in [1.29, 1.82) is 0 Å². The van der Waals surface area contributed by atoms with Crippen LogP contribution >= 0.6 is 0 Å². The van der Waals surface area contributed by atoms with Crippen LogP contribution in [0.25, 0.3) is 0 Å². The van der Waals surface area contributed by atoms with E-state index < -0.39 is 21.8 Å². The van der Waals surface area contributed by atoms with E-state index in [4.69, 9.17) is 18.8 Å². The minimum absolute atomic E-state index is 0.108. The van der Waals surface area contributed by atoms with Crippen LogP contribution in [-0.2, 0) is 29.1 Å². The van der Waals surface area contributed by atoms with Gasteiger partial charge in [0.1, 0.15) is 6.10 Å². The Labute approximate surface area is 141 Å². The fraction of sp³-hybridized carbons (Fsp3) is 0.938. The summed E-state index contributed by atoms with van der Waals surface area (Å²) >= 11 is 0. The van der Waals surface area contributed by atoms with Gasteiger partial charge in [-0.05, 0) is 50.4 Å². The first-order chi connectivity index (χ1) is 11.3. The summed E-state index contributed by atoms with van der Waals surface area (Å²) in [7, 11) is -4.34. The lowest BCUT2D eigenvalue weighted by atomic mass is 9.48. The van der Waals surface area contributed by atoms with E-state index in [9.17, 15) is 13.2 Å². The molecule has 5 aliphatic rings. The molecule has 136 valence electrons. The van der Waals surface area contributed by atoms with Gasteiger partial charge in [-0.3, -0.25) is 9.35 Å². The van der Waals surface area contributed by atoms with E-state index in [-0.39, 0.29) is 23.7 Å². The molecule has 3 unspecified atom stereocenters. The van der Waals surface area contributed by atoms with Gasteiger partial charge in [-0.25, -0.2) is 0 Å². The standard InChI is InChI=1S/C16H24O7S/c17-14(8-24(18,19)20)22-10-15-2-11-1-12(3-15)5-16(4-11,9-15)23-7-13-6-21-13/h11-13H,1-10H2,(H,18,19,20). The molecule has 4 bridgehead atoms. The van der Waals surface area contributed by atoms with Crippen molar-refractivity contribution in [2.45, 2.75) is 50.2 Å². The predicted octanol–water partition coefficient (Wildman–Crippen LogP) is 1.17. The van der Waals surface area contributed by atoms with Crippen LogP contribution in [0.2, 0.25) is 0 Å². The molecule has 1 aliphatic heterocycles. The summed E-state index contributed by atoms with van der Waals surface area (Å²) in [4.78, 5) is 11.6. The smallest absolute Gasteiger partial charge is 0.323 e. The highest BCUT2D eigenvalue weighted by atomic mass is 32.2. The van der Waals surface area contributed by atoms with Gasteiger partial charge in [0, 0.05) is 5.41 Å². The highest BCUT2D eigenvalue weighted by molar-refractivity contribution is 7.86. The van der Waals surface area contributed by atoms with Gasteiger partial charge in [0.2, 0.25) is 0 Å². The molecule has 0 amide bonds. The second kappa shape index (κ2) is 5.65. The fourth-order valence-corrected chi connectivity index (χ4v) is 5.94. The highest BCUT2D eigenvalue weighted by Gasteiger charge is 2.59. The van der Waals surface area contributed by atoms with Crippen LogP contribution in [0, 0.1) is 17.3 Å². The maximum absolute atomic E-state index is 11.6. The van der Waals surface area contributed by atoms with Crippen LogP contribution in [0.15, 0.2) is 0 Å². The van der Waals surface area contributed by atoms with E-state index in [1.165, 1.54) is 6.42 Å². The molecule has 3 atom stereocenters. The monoisotopic (exact) mass is 360 g/mol. The average molecular weight is 360 g/mol. The van der Waals surface area contributed by atoms with Crippen LogP contribution in [0.3, 0.4) is 0 Å². The first kappa shape index (κ1) is 16.8.